The van der Waals surface area contributed by atoms with Crippen LogP contribution in [-0.2, 0) is 42.2 Å². The van der Waals surface area contributed by atoms with Crippen LogP contribution in [0.4, 0.5) is 0 Å². The minimum atomic E-state index is 0.0440. The van der Waals surface area contributed by atoms with Crippen LogP contribution in [0, 0.1) is 13.8 Å². The molecule has 0 radical (unpaired) electrons. The zero-order chi connectivity index (χ0) is 20.4. The predicted octanol–water partition coefficient (Wildman–Crippen LogP) is 1.57. The van der Waals surface area contributed by atoms with Crippen LogP contribution in [0.3, 0.4) is 0 Å². The third kappa shape index (κ3) is 4.53. The van der Waals surface area contributed by atoms with Gasteiger partial charge in [0.05, 0.1) is 24.6 Å². The minimum absolute atomic E-state index is 0.0440. The lowest BCUT2D eigenvalue weighted by molar-refractivity contribution is -0.122. The second-order valence-corrected chi connectivity index (χ2v) is 8.19. The minimum Gasteiger partial charge on any atom is -0.376 e. The van der Waals surface area contributed by atoms with E-state index in [-0.39, 0.29) is 11.9 Å². The maximum Gasteiger partial charge on any atom is 0.241 e. The number of aryl methyl sites for hydroxylation is 3. The van der Waals surface area contributed by atoms with Crippen molar-refractivity contribution in [3.05, 3.63) is 34.4 Å². The van der Waals surface area contributed by atoms with Crippen molar-refractivity contribution < 1.29 is 9.53 Å². The van der Waals surface area contributed by atoms with Crippen molar-refractivity contribution in [2.45, 2.75) is 72.3 Å². The van der Waals surface area contributed by atoms with Crippen molar-refractivity contribution in [2.24, 2.45) is 0 Å². The highest BCUT2D eigenvalue weighted by atomic mass is 16.5. The molecule has 29 heavy (non-hydrogen) atoms. The number of carbonyl (C=O) groups is 1. The van der Waals surface area contributed by atoms with Gasteiger partial charge in [0.1, 0.15) is 6.54 Å². The third-order valence-corrected chi connectivity index (χ3v) is 6.00. The van der Waals surface area contributed by atoms with Gasteiger partial charge in [-0.05, 0) is 39.7 Å². The van der Waals surface area contributed by atoms with Gasteiger partial charge in [-0.15, -0.1) is 0 Å². The maximum atomic E-state index is 12.4. The van der Waals surface area contributed by atoms with E-state index in [1.54, 1.807) is 4.68 Å². The van der Waals surface area contributed by atoms with Crippen LogP contribution in [0.25, 0.3) is 0 Å². The second-order valence-electron chi connectivity index (χ2n) is 8.19. The van der Waals surface area contributed by atoms with E-state index in [9.17, 15) is 4.79 Å². The number of piperidine rings is 1. The van der Waals surface area contributed by atoms with Gasteiger partial charge in [-0.3, -0.25) is 19.1 Å². The lowest BCUT2D eigenvalue weighted by atomic mass is 10.0. The van der Waals surface area contributed by atoms with Gasteiger partial charge in [0.2, 0.25) is 5.91 Å². The summed E-state index contributed by atoms with van der Waals surface area (Å²) >= 11 is 0. The Labute approximate surface area is 172 Å². The fourth-order valence-electron chi connectivity index (χ4n) is 4.46. The van der Waals surface area contributed by atoms with Crippen molar-refractivity contribution in [3.63, 3.8) is 0 Å². The molecule has 2 aromatic rings. The third-order valence-electron chi connectivity index (χ3n) is 6.00. The molecule has 2 aliphatic rings. The molecular weight excluding hydrogens is 368 g/mol. The van der Waals surface area contributed by atoms with E-state index in [1.165, 1.54) is 11.3 Å². The Bertz CT molecular complexity index is 863. The first-order valence-electron chi connectivity index (χ1n) is 10.7. The van der Waals surface area contributed by atoms with Crippen molar-refractivity contribution >= 4 is 5.91 Å². The Morgan fingerprint density at radius 3 is 2.72 bits per heavy atom. The van der Waals surface area contributed by atoms with Gasteiger partial charge >= 0.3 is 0 Å². The smallest absolute Gasteiger partial charge is 0.241 e. The molecule has 8 heteroatoms. The SMILES string of the molecule is CCn1nc(CN2CCC(NC(=O)Cn3nc(C)cc3C)CC2)c2c1CCOC2. The Balaban J connectivity index is 1.28. The monoisotopic (exact) mass is 400 g/mol. The first-order valence-corrected chi connectivity index (χ1v) is 10.7. The standard InChI is InChI=1S/C21H32N6O2/c1-4-26-20-7-10-29-14-18(20)19(24-26)12-25-8-5-17(6-9-25)22-21(28)13-27-16(3)11-15(2)23-27/h11,17H,4-10,12-14H2,1-3H3,(H,22,28). The predicted molar refractivity (Wildman–Crippen MR) is 109 cm³/mol. The Morgan fingerprint density at radius 2 is 2.03 bits per heavy atom. The number of aromatic nitrogens is 4. The van der Waals surface area contributed by atoms with Gasteiger partial charge in [0.25, 0.3) is 0 Å². The number of nitrogens with zero attached hydrogens (tertiary/aromatic N) is 5. The molecule has 0 aromatic carbocycles. The number of hydrogen-bond donors (Lipinski definition) is 1. The molecule has 0 unspecified atom stereocenters. The van der Waals surface area contributed by atoms with E-state index in [2.05, 4.69) is 26.9 Å². The van der Waals surface area contributed by atoms with Gasteiger partial charge in [0.15, 0.2) is 0 Å². The highest BCUT2D eigenvalue weighted by Gasteiger charge is 2.25. The Kier molecular flexibility index (Phi) is 6.01. The van der Waals surface area contributed by atoms with E-state index in [4.69, 9.17) is 9.84 Å². The molecule has 1 amide bonds. The van der Waals surface area contributed by atoms with Crippen molar-refractivity contribution in [3.8, 4) is 0 Å². The van der Waals surface area contributed by atoms with Crippen molar-refractivity contribution in [1.29, 1.82) is 0 Å². The van der Waals surface area contributed by atoms with Gasteiger partial charge in [-0.1, -0.05) is 0 Å². The van der Waals surface area contributed by atoms with E-state index >= 15 is 0 Å². The van der Waals surface area contributed by atoms with Gasteiger partial charge in [0, 0.05) is 55.6 Å². The first kappa shape index (κ1) is 20.1. The molecule has 1 saturated heterocycles. The zero-order valence-corrected chi connectivity index (χ0v) is 17.8. The number of amides is 1. The maximum absolute atomic E-state index is 12.4. The topological polar surface area (TPSA) is 77.2 Å². The van der Waals surface area contributed by atoms with Gasteiger partial charge in [-0.25, -0.2) is 0 Å². The molecule has 0 saturated carbocycles. The van der Waals surface area contributed by atoms with E-state index < -0.39 is 0 Å². The van der Waals surface area contributed by atoms with Crippen LogP contribution in [0.15, 0.2) is 6.07 Å². The molecule has 2 aromatic heterocycles. The van der Waals surface area contributed by atoms with Crippen LogP contribution >= 0.6 is 0 Å². The van der Waals surface area contributed by atoms with Crippen LogP contribution < -0.4 is 5.32 Å². The summed E-state index contributed by atoms with van der Waals surface area (Å²) in [5.74, 6) is 0.0440. The number of rotatable bonds is 6. The molecule has 8 nitrogen and oxygen atoms in total. The molecule has 1 N–H and O–H groups in total. The normalized spacial score (nSPS) is 18.0. The summed E-state index contributed by atoms with van der Waals surface area (Å²) in [4.78, 5) is 14.8. The molecule has 4 heterocycles. The number of fused-ring (bicyclic) bond motifs is 1. The summed E-state index contributed by atoms with van der Waals surface area (Å²) in [5.41, 5.74) is 5.76. The highest BCUT2D eigenvalue weighted by molar-refractivity contribution is 5.76. The number of ether oxygens (including phenoxy) is 1. The van der Waals surface area contributed by atoms with Crippen LogP contribution in [0.1, 0.15) is 48.1 Å². The molecular formula is C21H32N6O2. The molecule has 4 rings (SSSR count). The summed E-state index contributed by atoms with van der Waals surface area (Å²) in [6, 6.07) is 2.23. The average molecular weight is 401 g/mol. The molecule has 0 spiro atoms. The number of likely N-dealkylation sites (tertiary alicyclic amines) is 1. The number of carbonyl (C=O) groups excluding carboxylic acids is 1. The fraction of sp³-hybridized carbons (Fsp3) is 0.667. The van der Waals surface area contributed by atoms with Crippen LogP contribution in [0.5, 0.6) is 0 Å². The summed E-state index contributed by atoms with van der Waals surface area (Å²) in [6.07, 6.45) is 2.89. The Hall–Kier alpha value is -2.19. The summed E-state index contributed by atoms with van der Waals surface area (Å²) in [6.45, 7) is 11.6. The van der Waals surface area contributed by atoms with Gasteiger partial charge in [-0.2, -0.15) is 10.2 Å². The van der Waals surface area contributed by atoms with Crippen molar-refractivity contribution in [2.75, 3.05) is 19.7 Å². The zero-order valence-electron chi connectivity index (χ0n) is 17.8. The van der Waals surface area contributed by atoms with E-state index in [1.807, 2.05) is 19.9 Å². The summed E-state index contributed by atoms with van der Waals surface area (Å²) in [5, 5.41) is 12.4. The quantitative estimate of drug-likeness (QED) is 0.797. The molecule has 158 valence electrons. The first-order chi connectivity index (χ1) is 14.0. The number of hydrogen-bond acceptors (Lipinski definition) is 5. The van der Waals surface area contributed by atoms with Gasteiger partial charge < -0.3 is 10.1 Å². The van der Waals surface area contributed by atoms with Crippen molar-refractivity contribution in [1.82, 2.24) is 29.8 Å². The molecule has 0 atom stereocenters. The Morgan fingerprint density at radius 1 is 1.24 bits per heavy atom. The number of nitrogens with one attached hydrogen (secondary N) is 1. The molecule has 0 bridgehead atoms. The fourth-order valence-corrected chi connectivity index (χ4v) is 4.46. The average Bonchev–Trinajstić information content (AvgIpc) is 3.22. The largest absolute Gasteiger partial charge is 0.376 e. The van der Waals surface area contributed by atoms with Crippen LogP contribution in [0.2, 0.25) is 0 Å². The van der Waals surface area contributed by atoms with E-state index in [0.717, 1.165) is 69.1 Å². The molecule has 1 fully saturated rings. The highest BCUT2D eigenvalue weighted by Crippen LogP contribution is 2.23. The lowest BCUT2D eigenvalue weighted by Crippen LogP contribution is -2.45. The molecule has 0 aliphatic carbocycles. The second kappa shape index (κ2) is 8.67. The van der Waals surface area contributed by atoms with E-state index in [0.29, 0.717) is 13.2 Å². The summed E-state index contributed by atoms with van der Waals surface area (Å²) in [7, 11) is 0. The molecule has 2 aliphatic heterocycles. The van der Waals surface area contributed by atoms with Crippen LogP contribution in [-0.4, -0.2) is 56.1 Å². The summed E-state index contributed by atoms with van der Waals surface area (Å²) < 4.78 is 9.59. The lowest BCUT2D eigenvalue weighted by Gasteiger charge is -2.32.